The maximum absolute atomic E-state index is 13.4. The summed E-state index contributed by atoms with van der Waals surface area (Å²) >= 11 is 0. The van der Waals surface area contributed by atoms with Gasteiger partial charge in [0.05, 0.1) is 52.9 Å². The molecule has 7 fully saturated rings. The van der Waals surface area contributed by atoms with Crippen molar-refractivity contribution in [1.82, 2.24) is 0 Å². The first-order valence-corrected chi connectivity index (χ1v) is 36.0. The molecular weight excluding hydrogens is 1440 g/mol. The SMILES string of the molecule is C=CCCCCCCCCOP(=O)(O)O[C@H]1O[C@H](CO)[C@@H](O[C@@H]2O[C@H](COP(=O)(O)O[C@H]3O[C@H](CO)[C@@H](O[C@@H]4O[C@H](COP(=O)(O)O[C@H]5O[C@H](CO)[C@@H](O[C@@H]6O[C@H](CO)[C@H](O)[C@H](O[C@@H]7O[C@H](CO)[C@H](O)[C@H](O)[C@H]7O)[C@H]6O)[C@H](O)[C@@H]5O)[C@H](O)[C@H](O)[C@H]4O)[C@H](O)[C@@H]3O)[C@H](O)[C@H](O)[C@H]2O)[C@H](O)[C@@H]1O. The number of phosphoric acid groups is 3. The van der Waals surface area contributed by atoms with Crippen LogP contribution in [0.3, 0.4) is 0 Å². The van der Waals surface area contributed by atoms with Crippen LogP contribution in [0.25, 0.3) is 0 Å². The van der Waals surface area contributed by atoms with E-state index < -0.39 is 285 Å². The molecule has 100 heavy (non-hydrogen) atoms. The Kier molecular flexibility index (Phi) is 32.9. The first-order valence-electron chi connectivity index (χ1n) is 31.5. The Hall–Kier alpha value is -1.25. The molecule has 48 heteroatoms. The molecule has 0 amide bonds. The van der Waals surface area contributed by atoms with Crippen molar-refractivity contribution < 1.29 is 220 Å². The van der Waals surface area contributed by atoms with Gasteiger partial charge in [-0.3, -0.25) is 27.1 Å². The highest BCUT2D eigenvalue weighted by atomic mass is 31.2. The largest absolute Gasteiger partial charge is 0.474 e. The van der Waals surface area contributed by atoms with Gasteiger partial charge in [-0.1, -0.05) is 31.8 Å². The number of aliphatic hydroxyl groups excluding tert-OH is 22. The van der Waals surface area contributed by atoms with E-state index in [2.05, 4.69) is 6.58 Å². The lowest BCUT2D eigenvalue weighted by Gasteiger charge is -2.48. The third kappa shape index (κ3) is 21.4. The number of aliphatic hydroxyl groups is 22. The van der Waals surface area contributed by atoms with Crippen LogP contribution in [0, 0.1) is 0 Å². The van der Waals surface area contributed by atoms with Crippen LogP contribution in [0.2, 0.25) is 0 Å². The van der Waals surface area contributed by atoms with Gasteiger partial charge in [0.15, 0.2) is 44.0 Å². The lowest BCUT2D eigenvalue weighted by molar-refractivity contribution is -0.378. The van der Waals surface area contributed by atoms with Gasteiger partial charge in [-0.05, 0) is 19.3 Å². The summed E-state index contributed by atoms with van der Waals surface area (Å²) in [6.07, 6.45) is -66.9. The fourth-order valence-electron chi connectivity index (χ4n) is 11.5. The van der Waals surface area contributed by atoms with Crippen molar-refractivity contribution >= 4 is 23.5 Å². The summed E-state index contributed by atoms with van der Waals surface area (Å²) in [6, 6.07) is 0. The minimum absolute atomic E-state index is 0.240. The van der Waals surface area contributed by atoms with Gasteiger partial charge in [0.2, 0.25) is 0 Å². The van der Waals surface area contributed by atoms with Crippen molar-refractivity contribution in [2.75, 3.05) is 52.9 Å². The number of hydrogen-bond donors (Lipinski definition) is 25. The number of hydrogen-bond acceptors (Lipinski definition) is 42. The molecule has 45 nitrogen and oxygen atoms in total. The molecule has 7 saturated heterocycles. The van der Waals surface area contributed by atoms with E-state index in [-0.39, 0.29) is 6.61 Å². The molecule has 0 aromatic heterocycles. The Morgan fingerprint density at radius 3 is 0.910 bits per heavy atom. The second-order valence-electron chi connectivity index (χ2n) is 24.3. The molecule has 0 spiro atoms. The van der Waals surface area contributed by atoms with Gasteiger partial charge in [0.1, 0.15) is 171 Å². The molecule has 0 aliphatic carbocycles. The number of unbranched alkanes of at least 4 members (excludes halogenated alkanes) is 6. The van der Waals surface area contributed by atoms with Gasteiger partial charge in [-0.2, -0.15) is 0 Å². The van der Waals surface area contributed by atoms with Crippen molar-refractivity contribution in [1.29, 1.82) is 0 Å². The molecule has 25 N–H and O–H groups in total. The third-order valence-electron chi connectivity index (χ3n) is 17.2. The van der Waals surface area contributed by atoms with Crippen molar-refractivity contribution in [2.24, 2.45) is 0 Å². The quantitative estimate of drug-likeness (QED) is 0.0159. The topological polar surface area (TPSA) is 714 Å². The van der Waals surface area contributed by atoms with Gasteiger partial charge in [0, 0.05) is 0 Å². The number of ether oxygens (including phenoxy) is 11. The predicted octanol–water partition coefficient (Wildman–Crippen LogP) is -12.0. The van der Waals surface area contributed by atoms with E-state index >= 15 is 0 Å². The summed E-state index contributed by atoms with van der Waals surface area (Å²) in [5.41, 5.74) is 0. The molecule has 38 atom stereocenters. The van der Waals surface area contributed by atoms with Crippen LogP contribution in [0.5, 0.6) is 0 Å². The third-order valence-corrected chi connectivity index (χ3v) is 20.1. The van der Waals surface area contributed by atoms with Gasteiger partial charge >= 0.3 is 23.5 Å². The smallest absolute Gasteiger partial charge is 0.394 e. The number of phosphoric ester groups is 3. The van der Waals surface area contributed by atoms with Gasteiger partial charge in [-0.25, -0.2) is 13.7 Å². The van der Waals surface area contributed by atoms with E-state index in [1.807, 2.05) is 6.08 Å². The molecule has 7 aliphatic rings. The summed E-state index contributed by atoms with van der Waals surface area (Å²) < 4.78 is 129. The van der Waals surface area contributed by atoms with Crippen LogP contribution in [0.15, 0.2) is 12.7 Å². The normalized spacial score (nSPS) is 46.3. The van der Waals surface area contributed by atoms with Crippen LogP contribution < -0.4 is 0 Å². The summed E-state index contributed by atoms with van der Waals surface area (Å²) in [5, 5.41) is 234. The second kappa shape index (κ2) is 38.2. The lowest BCUT2D eigenvalue weighted by atomic mass is 9.96. The first-order chi connectivity index (χ1) is 47.1. The fourth-order valence-corrected chi connectivity index (χ4v) is 14.0. The Bertz CT molecular complexity index is 2610. The average molecular weight is 1530 g/mol. The highest BCUT2D eigenvalue weighted by molar-refractivity contribution is 7.47. The molecule has 7 heterocycles. The fraction of sp³-hybridized carbons (Fsp3) is 0.962. The van der Waals surface area contributed by atoms with Crippen LogP contribution >= 0.6 is 23.5 Å². The van der Waals surface area contributed by atoms with E-state index in [1.54, 1.807) is 0 Å². The van der Waals surface area contributed by atoms with Gasteiger partial charge < -0.3 is 179 Å². The molecule has 0 saturated carbocycles. The Balaban J connectivity index is 0.895. The zero-order valence-corrected chi connectivity index (χ0v) is 55.5. The van der Waals surface area contributed by atoms with Crippen molar-refractivity contribution in [2.45, 2.75) is 260 Å². The number of rotatable bonds is 35. The van der Waals surface area contributed by atoms with Gasteiger partial charge in [-0.15, -0.1) is 6.58 Å². The van der Waals surface area contributed by atoms with Crippen molar-refractivity contribution in [3.63, 3.8) is 0 Å². The summed E-state index contributed by atoms with van der Waals surface area (Å²) in [4.78, 5) is 31.8. The Morgan fingerprint density at radius 1 is 0.290 bits per heavy atom. The molecule has 0 radical (unpaired) electrons. The van der Waals surface area contributed by atoms with E-state index in [0.29, 0.717) is 12.8 Å². The van der Waals surface area contributed by atoms with Gasteiger partial charge in [0.25, 0.3) is 0 Å². The first kappa shape index (κ1) is 86.0. The van der Waals surface area contributed by atoms with E-state index in [4.69, 9.17) is 79.2 Å². The number of allylic oxidation sites excluding steroid dienone is 1. The molecular formula is C52H93O45P3. The zero-order chi connectivity index (χ0) is 74.0. The van der Waals surface area contributed by atoms with E-state index in [9.17, 15) is 141 Å². The molecule has 0 aromatic rings. The van der Waals surface area contributed by atoms with E-state index in [1.165, 1.54) is 0 Å². The summed E-state index contributed by atoms with van der Waals surface area (Å²) in [5.74, 6) is 0. The monoisotopic (exact) mass is 1530 g/mol. The molecule has 3 unspecified atom stereocenters. The Morgan fingerprint density at radius 2 is 0.560 bits per heavy atom. The molecule has 7 aliphatic heterocycles. The zero-order valence-electron chi connectivity index (χ0n) is 52.8. The van der Waals surface area contributed by atoms with Crippen molar-refractivity contribution in [3.8, 4) is 0 Å². The average Bonchev–Trinajstić information content (AvgIpc) is 0.787. The summed E-state index contributed by atoms with van der Waals surface area (Å²) in [7, 11) is -16.3. The minimum Gasteiger partial charge on any atom is -0.394 e. The van der Waals surface area contributed by atoms with Crippen LogP contribution in [-0.4, -0.2) is 395 Å². The lowest BCUT2D eigenvalue weighted by Crippen LogP contribution is -2.66. The van der Waals surface area contributed by atoms with Crippen LogP contribution in [0.4, 0.5) is 0 Å². The molecule has 586 valence electrons. The highest BCUT2D eigenvalue weighted by Crippen LogP contribution is 2.50. The van der Waals surface area contributed by atoms with E-state index in [0.717, 1.165) is 32.1 Å². The maximum atomic E-state index is 13.4. The van der Waals surface area contributed by atoms with Crippen LogP contribution in [-0.2, 0) is 92.9 Å². The molecule has 7 rings (SSSR count). The Labute approximate surface area is 567 Å². The minimum atomic E-state index is -5.68. The standard InChI is InChI=1S/C52H93O45P3/c1-2-3-4-5-6-7-8-9-10-81-98(75,76)95-50-38(71)32(65)42(20(13-55)86-50)91-47-36(69)30(63)26(59)23(89-47)16-82-99(77,78)96-51-39(72)33(66)43(21(14-56)87-51)92-48-37(70)31(64)27(60)24(90-48)17-83-100(79,80)97-52-40(73)34(67)44(22(15-57)88-52)93-49-41(74)45(28(61)19(12-54)85-49)94-46-35(68)29(62)25(58)18(11-53)84-46/h2,18-74H,1,3-17H2,(H,75,76)(H,77,78)(H,79,80)/t18-,19-,20-,21-,22-,23-,24-,25+,26+,27+,28+,29+,30+,31+,32-,33-,34-,35-,36-,37-,38+,39+,40+,41-,42-,43-,44-,45+,46+,47+,48+,49+,50-,51-,52-/m1/s1. The predicted molar refractivity (Wildman–Crippen MR) is 311 cm³/mol. The molecule has 0 aromatic carbocycles. The maximum Gasteiger partial charge on any atom is 0.474 e. The molecule has 0 bridgehead atoms. The van der Waals surface area contributed by atoms with Crippen molar-refractivity contribution in [3.05, 3.63) is 12.7 Å². The summed E-state index contributed by atoms with van der Waals surface area (Å²) in [6.45, 7) is -4.61. The second-order valence-corrected chi connectivity index (χ2v) is 28.5. The van der Waals surface area contributed by atoms with Crippen LogP contribution in [0.1, 0.15) is 44.9 Å². The highest BCUT2D eigenvalue weighted by Gasteiger charge is 2.58.